The zero-order chi connectivity index (χ0) is 11.5. The summed E-state index contributed by atoms with van der Waals surface area (Å²) in [6.07, 6.45) is 0. The van der Waals surface area contributed by atoms with Gasteiger partial charge in [0.25, 0.3) is 0 Å². The number of aliphatic hydroxyl groups is 1. The highest BCUT2D eigenvalue weighted by Crippen LogP contribution is 2.23. The molecular weight excluding hydrogens is 304 g/mol. The van der Waals surface area contributed by atoms with Crippen LogP contribution >= 0.6 is 27.5 Å². The zero-order valence-corrected chi connectivity index (χ0v) is 10.9. The van der Waals surface area contributed by atoms with E-state index in [9.17, 15) is 8.42 Å². The third kappa shape index (κ3) is 4.10. The van der Waals surface area contributed by atoms with Gasteiger partial charge < -0.3 is 5.11 Å². The maximum absolute atomic E-state index is 11.4. The van der Waals surface area contributed by atoms with E-state index < -0.39 is 9.84 Å². The van der Waals surface area contributed by atoms with Gasteiger partial charge in [-0.3, -0.25) is 0 Å². The first-order valence-corrected chi connectivity index (χ1v) is 7.19. The third-order valence-electron chi connectivity index (χ3n) is 1.79. The summed E-state index contributed by atoms with van der Waals surface area (Å²) in [6, 6.07) is 5.03. The summed E-state index contributed by atoms with van der Waals surface area (Å²) >= 11 is 9.11. The quantitative estimate of drug-likeness (QED) is 0.925. The van der Waals surface area contributed by atoms with E-state index >= 15 is 0 Å². The van der Waals surface area contributed by atoms with E-state index in [2.05, 4.69) is 15.9 Å². The van der Waals surface area contributed by atoms with Crippen LogP contribution in [0.3, 0.4) is 0 Å². The zero-order valence-electron chi connectivity index (χ0n) is 7.78. The molecule has 0 fully saturated rings. The molecule has 0 saturated heterocycles. The Morgan fingerprint density at radius 2 is 2.07 bits per heavy atom. The second kappa shape index (κ2) is 5.30. The van der Waals surface area contributed by atoms with E-state index in [0.29, 0.717) is 10.6 Å². The van der Waals surface area contributed by atoms with Gasteiger partial charge in [0, 0.05) is 9.50 Å². The largest absolute Gasteiger partial charge is 0.395 e. The maximum Gasteiger partial charge on any atom is 0.156 e. The van der Waals surface area contributed by atoms with Crippen molar-refractivity contribution in [3.8, 4) is 0 Å². The minimum atomic E-state index is -3.27. The Labute approximate surface area is 102 Å². The van der Waals surface area contributed by atoms with Crippen LogP contribution in [-0.2, 0) is 15.6 Å². The highest BCUT2D eigenvalue weighted by Gasteiger charge is 2.13. The fourth-order valence-electron chi connectivity index (χ4n) is 1.09. The molecule has 0 radical (unpaired) electrons. The smallest absolute Gasteiger partial charge is 0.156 e. The summed E-state index contributed by atoms with van der Waals surface area (Å²) in [5.74, 6) is -0.376. The highest BCUT2D eigenvalue weighted by molar-refractivity contribution is 9.10. The molecule has 1 N–H and O–H groups in total. The summed E-state index contributed by atoms with van der Waals surface area (Å²) < 4.78 is 23.6. The molecule has 3 nitrogen and oxygen atoms in total. The molecule has 0 amide bonds. The van der Waals surface area contributed by atoms with Gasteiger partial charge in [-0.15, -0.1) is 0 Å². The molecule has 0 saturated carbocycles. The minimum absolute atomic E-state index is 0.139. The summed E-state index contributed by atoms with van der Waals surface area (Å²) in [5.41, 5.74) is 0.549. The van der Waals surface area contributed by atoms with Gasteiger partial charge in [-0.25, -0.2) is 8.42 Å². The lowest BCUT2D eigenvalue weighted by atomic mass is 10.2. The predicted molar refractivity (Wildman–Crippen MR) is 63.7 cm³/mol. The molecule has 0 spiro atoms. The molecule has 84 valence electrons. The molecule has 1 aromatic rings. The van der Waals surface area contributed by atoms with Crippen LogP contribution in [0.25, 0.3) is 0 Å². The van der Waals surface area contributed by atoms with Crippen molar-refractivity contribution in [2.75, 3.05) is 12.4 Å². The van der Waals surface area contributed by atoms with Crippen LogP contribution in [0.4, 0.5) is 0 Å². The second-order valence-corrected chi connectivity index (χ2v) is 6.56. The van der Waals surface area contributed by atoms with Crippen LogP contribution < -0.4 is 0 Å². The van der Waals surface area contributed by atoms with Gasteiger partial charge >= 0.3 is 0 Å². The molecule has 0 aliphatic carbocycles. The summed E-state index contributed by atoms with van der Waals surface area (Å²) in [7, 11) is -3.27. The molecular formula is C9H10BrClO3S. The minimum Gasteiger partial charge on any atom is -0.395 e. The molecule has 0 unspecified atom stereocenters. The standard InChI is InChI=1S/C9H10BrClO3S/c10-8-2-1-7(9(11)5-8)6-15(13,14)4-3-12/h1-2,5,12H,3-4,6H2. The van der Waals surface area contributed by atoms with Crippen molar-refractivity contribution >= 4 is 37.4 Å². The first-order chi connectivity index (χ1) is 6.94. The monoisotopic (exact) mass is 312 g/mol. The number of hydrogen-bond donors (Lipinski definition) is 1. The lowest BCUT2D eigenvalue weighted by molar-refractivity contribution is 0.319. The molecule has 0 atom stereocenters. The molecule has 0 aliphatic rings. The van der Waals surface area contributed by atoms with Gasteiger partial charge in [-0.05, 0) is 17.7 Å². The average Bonchev–Trinajstić information content (AvgIpc) is 2.09. The topological polar surface area (TPSA) is 54.4 Å². The molecule has 6 heteroatoms. The van der Waals surface area contributed by atoms with Crippen molar-refractivity contribution in [3.63, 3.8) is 0 Å². The highest BCUT2D eigenvalue weighted by atomic mass is 79.9. The van der Waals surface area contributed by atoms with E-state index in [1.807, 2.05) is 0 Å². The van der Waals surface area contributed by atoms with Crippen molar-refractivity contribution in [2.45, 2.75) is 5.75 Å². The van der Waals surface area contributed by atoms with E-state index in [0.717, 1.165) is 4.47 Å². The van der Waals surface area contributed by atoms with Crippen LogP contribution in [0.15, 0.2) is 22.7 Å². The van der Waals surface area contributed by atoms with E-state index in [1.165, 1.54) is 0 Å². The van der Waals surface area contributed by atoms with Crippen molar-refractivity contribution in [3.05, 3.63) is 33.3 Å². The lowest BCUT2D eigenvalue weighted by Crippen LogP contribution is -2.12. The normalized spacial score (nSPS) is 11.7. The third-order valence-corrected chi connectivity index (χ3v) is 4.19. The van der Waals surface area contributed by atoms with Gasteiger partial charge in [-0.1, -0.05) is 33.6 Å². The van der Waals surface area contributed by atoms with Gasteiger partial charge in [0.2, 0.25) is 0 Å². The molecule has 1 aromatic carbocycles. The number of benzene rings is 1. The summed E-state index contributed by atoms with van der Waals surface area (Å²) in [4.78, 5) is 0. The molecule has 15 heavy (non-hydrogen) atoms. The first-order valence-electron chi connectivity index (χ1n) is 4.20. The van der Waals surface area contributed by atoms with Crippen molar-refractivity contribution in [1.82, 2.24) is 0 Å². The molecule has 0 heterocycles. The van der Waals surface area contributed by atoms with Crippen LogP contribution in [0.2, 0.25) is 5.02 Å². The number of aliphatic hydroxyl groups excluding tert-OH is 1. The first kappa shape index (κ1) is 13.0. The number of hydrogen-bond acceptors (Lipinski definition) is 3. The Bertz CT molecular complexity index is 445. The Kier molecular flexibility index (Phi) is 4.58. The van der Waals surface area contributed by atoms with Crippen molar-refractivity contribution in [1.29, 1.82) is 0 Å². The van der Waals surface area contributed by atoms with Gasteiger partial charge in [0.1, 0.15) is 0 Å². The Morgan fingerprint density at radius 1 is 1.40 bits per heavy atom. The molecule has 1 rings (SSSR count). The summed E-state index contributed by atoms with van der Waals surface area (Å²) in [5, 5.41) is 8.98. The van der Waals surface area contributed by atoms with E-state index in [1.54, 1.807) is 18.2 Å². The maximum atomic E-state index is 11.4. The lowest BCUT2D eigenvalue weighted by Gasteiger charge is -2.05. The number of sulfone groups is 1. The van der Waals surface area contributed by atoms with Crippen LogP contribution in [-0.4, -0.2) is 25.9 Å². The van der Waals surface area contributed by atoms with Crippen molar-refractivity contribution < 1.29 is 13.5 Å². The van der Waals surface area contributed by atoms with Gasteiger partial charge in [0.05, 0.1) is 18.1 Å². The van der Waals surface area contributed by atoms with Crippen LogP contribution in [0.1, 0.15) is 5.56 Å². The number of rotatable bonds is 4. The molecule has 0 aromatic heterocycles. The van der Waals surface area contributed by atoms with E-state index in [4.69, 9.17) is 16.7 Å². The number of halogens is 2. The second-order valence-electron chi connectivity index (χ2n) is 3.05. The van der Waals surface area contributed by atoms with Gasteiger partial charge in [0.15, 0.2) is 9.84 Å². The fourth-order valence-corrected chi connectivity index (χ4v) is 3.05. The van der Waals surface area contributed by atoms with Crippen LogP contribution in [0.5, 0.6) is 0 Å². The Hall–Kier alpha value is -0.100. The fraction of sp³-hybridized carbons (Fsp3) is 0.333. The predicted octanol–water partition coefficient (Wildman–Crippen LogP) is 2.01. The van der Waals surface area contributed by atoms with Gasteiger partial charge in [-0.2, -0.15) is 0 Å². The SMILES string of the molecule is O=S(=O)(CCO)Cc1ccc(Br)cc1Cl. The molecule has 0 aliphatic heterocycles. The summed E-state index contributed by atoms with van der Waals surface area (Å²) in [6.45, 7) is -0.365. The van der Waals surface area contributed by atoms with Crippen molar-refractivity contribution in [2.24, 2.45) is 0 Å². The average molecular weight is 314 g/mol. The van der Waals surface area contributed by atoms with E-state index in [-0.39, 0.29) is 18.1 Å². The van der Waals surface area contributed by atoms with Crippen LogP contribution in [0, 0.1) is 0 Å². The Morgan fingerprint density at radius 3 is 2.60 bits per heavy atom. The molecule has 0 bridgehead atoms. The Balaban J connectivity index is 2.90.